The number of carboxylic acids is 1. The zero-order valence-electron chi connectivity index (χ0n) is 9.03. The highest BCUT2D eigenvalue weighted by molar-refractivity contribution is 5.94. The number of amides is 1. The average molecular weight is 248 g/mol. The molecule has 18 heavy (non-hydrogen) atoms. The first-order valence-corrected chi connectivity index (χ1v) is 4.90. The molecule has 0 radical (unpaired) electrons. The molecule has 0 saturated carbocycles. The maximum Gasteiger partial charge on any atom is 0.374 e. The molecule has 0 atom stereocenters. The van der Waals surface area contributed by atoms with E-state index in [4.69, 9.17) is 5.11 Å². The van der Waals surface area contributed by atoms with Crippen molar-refractivity contribution < 1.29 is 19.2 Å². The highest BCUT2D eigenvalue weighted by Gasteiger charge is 2.16. The van der Waals surface area contributed by atoms with Crippen molar-refractivity contribution in [1.82, 2.24) is 20.4 Å². The number of aromatic carboxylic acids is 1. The van der Waals surface area contributed by atoms with E-state index in [9.17, 15) is 9.59 Å². The Hall–Kier alpha value is -2.77. The second kappa shape index (κ2) is 5.04. The van der Waals surface area contributed by atoms with Gasteiger partial charge in [0.15, 0.2) is 5.69 Å². The Morgan fingerprint density at radius 2 is 2.28 bits per heavy atom. The zero-order chi connectivity index (χ0) is 13.0. The summed E-state index contributed by atoms with van der Waals surface area (Å²) in [5, 5.41) is 14.5. The molecule has 2 aromatic rings. The minimum Gasteiger partial charge on any atom is -0.475 e. The number of carbonyl (C=O) groups is 2. The second-order valence-corrected chi connectivity index (χ2v) is 3.26. The van der Waals surface area contributed by atoms with E-state index in [1.165, 1.54) is 6.33 Å². The van der Waals surface area contributed by atoms with Crippen LogP contribution in [0.3, 0.4) is 0 Å². The fourth-order valence-electron chi connectivity index (χ4n) is 1.17. The number of hydrogen-bond acceptors (Lipinski definition) is 6. The summed E-state index contributed by atoms with van der Waals surface area (Å²) in [6.07, 6.45) is 2.91. The highest BCUT2D eigenvalue weighted by atomic mass is 16.5. The van der Waals surface area contributed by atoms with Crippen molar-refractivity contribution in [2.24, 2.45) is 0 Å². The molecule has 2 rings (SSSR count). The Bertz CT molecular complexity index is 566. The van der Waals surface area contributed by atoms with Gasteiger partial charge in [0.2, 0.25) is 5.76 Å². The standard InChI is InChI=1S/C10H8N4O4/c15-9(7-3-8(10(16)17)18-14-7)12-4-6-1-2-11-5-13-6/h1-3,5H,4H2,(H,12,15)(H,16,17). The van der Waals surface area contributed by atoms with Gasteiger partial charge in [-0.1, -0.05) is 5.16 Å². The third-order valence-corrected chi connectivity index (χ3v) is 2.03. The lowest BCUT2D eigenvalue weighted by atomic mass is 10.3. The number of carbonyl (C=O) groups excluding carboxylic acids is 1. The Morgan fingerprint density at radius 3 is 2.89 bits per heavy atom. The van der Waals surface area contributed by atoms with Crippen molar-refractivity contribution in [3.63, 3.8) is 0 Å². The molecule has 0 aliphatic rings. The SMILES string of the molecule is O=C(NCc1ccncn1)c1cc(C(=O)O)on1. The van der Waals surface area contributed by atoms with Gasteiger partial charge in [0.05, 0.1) is 12.2 Å². The molecule has 0 aliphatic heterocycles. The molecule has 0 bridgehead atoms. The summed E-state index contributed by atoms with van der Waals surface area (Å²) in [5.74, 6) is -2.20. The lowest BCUT2D eigenvalue weighted by Gasteiger charge is -2.00. The summed E-state index contributed by atoms with van der Waals surface area (Å²) < 4.78 is 4.46. The normalized spacial score (nSPS) is 10.0. The molecule has 0 spiro atoms. The van der Waals surface area contributed by atoms with Crippen LogP contribution in [0, 0.1) is 0 Å². The second-order valence-electron chi connectivity index (χ2n) is 3.26. The van der Waals surface area contributed by atoms with Crippen molar-refractivity contribution in [2.75, 3.05) is 0 Å². The summed E-state index contributed by atoms with van der Waals surface area (Å²) in [4.78, 5) is 29.8. The van der Waals surface area contributed by atoms with Crippen molar-refractivity contribution in [1.29, 1.82) is 0 Å². The van der Waals surface area contributed by atoms with Crippen LogP contribution < -0.4 is 5.32 Å². The molecule has 2 heterocycles. The minimum absolute atomic E-state index is 0.0959. The quantitative estimate of drug-likeness (QED) is 0.787. The number of rotatable bonds is 4. The van der Waals surface area contributed by atoms with Crippen LogP contribution >= 0.6 is 0 Å². The molecular weight excluding hydrogens is 240 g/mol. The lowest BCUT2D eigenvalue weighted by Crippen LogP contribution is -2.23. The van der Waals surface area contributed by atoms with E-state index < -0.39 is 11.9 Å². The number of aromatic nitrogens is 3. The molecule has 0 unspecified atom stereocenters. The molecule has 0 saturated heterocycles. The van der Waals surface area contributed by atoms with Crippen LogP contribution in [0.25, 0.3) is 0 Å². The van der Waals surface area contributed by atoms with E-state index in [-0.39, 0.29) is 18.0 Å². The number of carboxylic acid groups (broad SMARTS) is 1. The van der Waals surface area contributed by atoms with Gasteiger partial charge in [0.25, 0.3) is 5.91 Å². The molecule has 0 fully saturated rings. The Balaban J connectivity index is 1.97. The van der Waals surface area contributed by atoms with Crippen LogP contribution in [0.1, 0.15) is 26.7 Å². The van der Waals surface area contributed by atoms with Gasteiger partial charge < -0.3 is 14.9 Å². The molecule has 2 N–H and O–H groups in total. The molecule has 8 nitrogen and oxygen atoms in total. The van der Waals surface area contributed by atoms with Gasteiger partial charge in [-0.25, -0.2) is 14.8 Å². The summed E-state index contributed by atoms with van der Waals surface area (Å²) in [7, 11) is 0. The topological polar surface area (TPSA) is 118 Å². The van der Waals surface area contributed by atoms with E-state index in [0.29, 0.717) is 5.69 Å². The van der Waals surface area contributed by atoms with Crippen LogP contribution in [0.2, 0.25) is 0 Å². The van der Waals surface area contributed by atoms with Gasteiger partial charge in [-0.05, 0) is 6.07 Å². The molecule has 1 amide bonds. The molecule has 92 valence electrons. The molecule has 0 aliphatic carbocycles. The van der Waals surface area contributed by atoms with Gasteiger partial charge in [-0.15, -0.1) is 0 Å². The first-order valence-electron chi connectivity index (χ1n) is 4.90. The van der Waals surface area contributed by atoms with Crippen LogP contribution in [0.15, 0.2) is 29.2 Å². The summed E-state index contributed by atoms with van der Waals surface area (Å²) >= 11 is 0. The van der Waals surface area contributed by atoms with Crippen molar-refractivity contribution in [3.05, 3.63) is 41.8 Å². The van der Waals surface area contributed by atoms with Crippen LogP contribution in [-0.4, -0.2) is 32.1 Å². The summed E-state index contributed by atoms with van der Waals surface area (Å²) in [6, 6.07) is 2.70. The highest BCUT2D eigenvalue weighted by Crippen LogP contribution is 2.03. The van der Waals surface area contributed by atoms with Crippen LogP contribution in [0.4, 0.5) is 0 Å². The largest absolute Gasteiger partial charge is 0.475 e. The summed E-state index contributed by atoms with van der Waals surface area (Å²) in [6.45, 7) is 0.191. The van der Waals surface area contributed by atoms with E-state index in [0.717, 1.165) is 6.07 Å². The molecule has 8 heteroatoms. The molecule has 2 aromatic heterocycles. The van der Waals surface area contributed by atoms with Crippen molar-refractivity contribution in [3.8, 4) is 0 Å². The zero-order valence-corrected chi connectivity index (χ0v) is 9.03. The van der Waals surface area contributed by atoms with Gasteiger partial charge in [-0.3, -0.25) is 4.79 Å². The fourth-order valence-corrected chi connectivity index (χ4v) is 1.17. The van der Waals surface area contributed by atoms with E-state index >= 15 is 0 Å². The number of nitrogens with zero attached hydrogens (tertiary/aromatic N) is 3. The molecule has 0 aromatic carbocycles. The smallest absolute Gasteiger partial charge is 0.374 e. The Kier molecular flexibility index (Phi) is 3.28. The van der Waals surface area contributed by atoms with E-state index in [2.05, 4.69) is 25.0 Å². The first-order chi connectivity index (χ1) is 8.66. The maximum absolute atomic E-state index is 11.6. The third-order valence-electron chi connectivity index (χ3n) is 2.03. The van der Waals surface area contributed by atoms with Crippen molar-refractivity contribution in [2.45, 2.75) is 6.54 Å². The maximum atomic E-state index is 11.6. The average Bonchev–Trinajstić information content (AvgIpc) is 2.87. The van der Waals surface area contributed by atoms with Gasteiger partial charge in [-0.2, -0.15) is 0 Å². The predicted molar refractivity (Wildman–Crippen MR) is 56.7 cm³/mol. The van der Waals surface area contributed by atoms with Crippen LogP contribution in [0.5, 0.6) is 0 Å². The number of hydrogen-bond donors (Lipinski definition) is 2. The third kappa shape index (κ3) is 2.67. The van der Waals surface area contributed by atoms with Gasteiger partial charge >= 0.3 is 5.97 Å². The van der Waals surface area contributed by atoms with Crippen molar-refractivity contribution >= 4 is 11.9 Å². The van der Waals surface area contributed by atoms with Gasteiger partial charge in [0.1, 0.15) is 6.33 Å². The number of nitrogens with one attached hydrogen (secondary N) is 1. The Labute approximate surface area is 101 Å². The fraction of sp³-hybridized carbons (Fsp3) is 0.100. The predicted octanol–water partition coefficient (Wildman–Crippen LogP) is 0.0928. The summed E-state index contributed by atoms with van der Waals surface area (Å²) in [5.41, 5.74) is 0.529. The van der Waals surface area contributed by atoms with E-state index in [1.807, 2.05) is 0 Å². The van der Waals surface area contributed by atoms with E-state index in [1.54, 1.807) is 12.3 Å². The molecular formula is C10H8N4O4. The Morgan fingerprint density at radius 1 is 1.44 bits per heavy atom. The lowest BCUT2D eigenvalue weighted by molar-refractivity contribution is 0.0651. The minimum atomic E-state index is -1.28. The van der Waals surface area contributed by atoms with Gasteiger partial charge in [0, 0.05) is 12.3 Å². The monoisotopic (exact) mass is 248 g/mol. The van der Waals surface area contributed by atoms with Crippen LogP contribution in [-0.2, 0) is 6.54 Å². The first kappa shape index (κ1) is 11.7.